The molecule has 0 saturated carbocycles. The molecule has 1 amide bonds. The molecule has 1 atom stereocenters. The summed E-state index contributed by atoms with van der Waals surface area (Å²) in [6, 6.07) is 17.0. The maximum atomic E-state index is 12.9. The monoisotopic (exact) mass is 377 g/mol. The molecule has 1 saturated heterocycles. The van der Waals surface area contributed by atoms with Crippen LogP contribution < -0.4 is 4.74 Å². The highest BCUT2D eigenvalue weighted by molar-refractivity contribution is 5.81. The Hall–Kier alpha value is -2.29. The zero-order valence-electron chi connectivity index (χ0n) is 16.9. The van der Waals surface area contributed by atoms with Crippen molar-refractivity contribution in [2.75, 3.05) is 13.1 Å². The third kappa shape index (κ3) is 4.57. The van der Waals surface area contributed by atoms with Crippen molar-refractivity contribution in [1.82, 2.24) is 4.90 Å². The summed E-state index contributed by atoms with van der Waals surface area (Å²) in [4.78, 5) is 14.8. The Morgan fingerprint density at radius 1 is 1.04 bits per heavy atom. The molecule has 2 aromatic rings. The summed E-state index contributed by atoms with van der Waals surface area (Å²) >= 11 is 0. The number of likely N-dealkylation sites (tertiary alicyclic amines) is 1. The fourth-order valence-corrected chi connectivity index (χ4v) is 4.60. The van der Waals surface area contributed by atoms with Crippen molar-refractivity contribution in [2.24, 2.45) is 5.92 Å². The average Bonchev–Trinajstić information content (AvgIpc) is 2.74. The second-order valence-corrected chi connectivity index (χ2v) is 8.36. The van der Waals surface area contributed by atoms with Crippen LogP contribution in [0.25, 0.3) is 0 Å². The van der Waals surface area contributed by atoms with E-state index in [1.807, 2.05) is 17.9 Å². The van der Waals surface area contributed by atoms with Crippen LogP contribution in [0.2, 0.25) is 0 Å². The predicted octanol–water partition coefficient (Wildman–Crippen LogP) is 4.81. The Morgan fingerprint density at radius 3 is 2.50 bits per heavy atom. The SMILES string of the molecule is C[C@@H](Oc1ccc2c(c1)CCCC2)C(=O)N1CCC(Cc2ccccc2)CC1. The van der Waals surface area contributed by atoms with E-state index < -0.39 is 6.10 Å². The molecular formula is C25H31NO2. The minimum Gasteiger partial charge on any atom is -0.481 e. The number of aryl methyl sites for hydroxylation is 2. The van der Waals surface area contributed by atoms with Gasteiger partial charge in [0, 0.05) is 13.1 Å². The molecule has 0 spiro atoms. The van der Waals surface area contributed by atoms with E-state index in [9.17, 15) is 4.79 Å². The highest BCUT2D eigenvalue weighted by Crippen LogP contribution is 2.27. The molecule has 1 fully saturated rings. The second kappa shape index (κ2) is 8.81. The molecule has 1 aliphatic heterocycles. The van der Waals surface area contributed by atoms with E-state index in [1.54, 1.807) is 0 Å². The molecule has 2 aromatic carbocycles. The molecule has 1 aliphatic carbocycles. The van der Waals surface area contributed by atoms with Gasteiger partial charge in [-0.3, -0.25) is 4.79 Å². The summed E-state index contributed by atoms with van der Waals surface area (Å²) in [5.41, 5.74) is 4.24. The zero-order valence-corrected chi connectivity index (χ0v) is 16.9. The first-order chi connectivity index (χ1) is 13.7. The van der Waals surface area contributed by atoms with Gasteiger partial charge in [0.1, 0.15) is 5.75 Å². The molecule has 0 bridgehead atoms. The van der Waals surface area contributed by atoms with Crippen LogP contribution in [0.5, 0.6) is 5.75 Å². The van der Waals surface area contributed by atoms with E-state index in [2.05, 4.69) is 42.5 Å². The molecule has 28 heavy (non-hydrogen) atoms. The number of carbonyl (C=O) groups excluding carboxylic acids is 1. The van der Waals surface area contributed by atoms with E-state index in [4.69, 9.17) is 4.74 Å². The van der Waals surface area contributed by atoms with Crippen LogP contribution in [0.4, 0.5) is 0 Å². The summed E-state index contributed by atoms with van der Waals surface area (Å²) < 4.78 is 6.03. The van der Waals surface area contributed by atoms with Crippen molar-refractivity contribution in [2.45, 2.75) is 58.0 Å². The number of nitrogens with zero attached hydrogens (tertiary/aromatic N) is 1. The number of rotatable bonds is 5. The number of hydrogen-bond acceptors (Lipinski definition) is 2. The highest BCUT2D eigenvalue weighted by Gasteiger charge is 2.27. The van der Waals surface area contributed by atoms with E-state index in [0.717, 1.165) is 44.5 Å². The number of hydrogen-bond donors (Lipinski definition) is 0. The summed E-state index contributed by atoms with van der Waals surface area (Å²) in [5, 5.41) is 0. The highest BCUT2D eigenvalue weighted by atomic mass is 16.5. The first kappa shape index (κ1) is 19.0. The van der Waals surface area contributed by atoms with Gasteiger partial charge >= 0.3 is 0 Å². The Kier molecular flexibility index (Phi) is 5.99. The van der Waals surface area contributed by atoms with Gasteiger partial charge in [0.2, 0.25) is 0 Å². The molecule has 0 unspecified atom stereocenters. The van der Waals surface area contributed by atoms with Crippen LogP contribution in [0, 0.1) is 5.92 Å². The number of piperidine rings is 1. The first-order valence-corrected chi connectivity index (χ1v) is 10.8. The lowest BCUT2D eigenvalue weighted by atomic mass is 9.90. The lowest BCUT2D eigenvalue weighted by Gasteiger charge is -2.33. The van der Waals surface area contributed by atoms with Gasteiger partial charge in [0.15, 0.2) is 6.10 Å². The van der Waals surface area contributed by atoms with Crippen LogP contribution in [0.15, 0.2) is 48.5 Å². The van der Waals surface area contributed by atoms with E-state index in [1.165, 1.54) is 36.0 Å². The second-order valence-electron chi connectivity index (χ2n) is 8.36. The minimum atomic E-state index is -0.424. The Balaban J connectivity index is 1.29. The normalized spacial score (nSPS) is 18.4. The summed E-state index contributed by atoms with van der Waals surface area (Å²) in [6.45, 7) is 3.57. The standard InChI is InChI=1S/C25H31NO2/c1-19(28-24-12-11-22-9-5-6-10-23(22)18-24)25(27)26-15-13-21(14-16-26)17-20-7-3-2-4-8-20/h2-4,7-8,11-12,18-19,21H,5-6,9-10,13-17H2,1H3/t19-/m1/s1. The van der Waals surface area contributed by atoms with Crippen molar-refractivity contribution >= 4 is 5.91 Å². The first-order valence-electron chi connectivity index (χ1n) is 10.8. The molecule has 0 aromatic heterocycles. The van der Waals surface area contributed by atoms with Crippen molar-refractivity contribution in [1.29, 1.82) is 0 Å². The summed E-state index contributed by atoms with van der Waals surface area (Å²) in [5.74, 6) is 1.62. The van der Waals surface area contributed by atoms with Crippen molar-refractivity contribution in [3.8, 4) is 5.75 Å². The van der Waals surface area contributed by atoms with Gasteiger partial charge in [-0.25, -0.2) is 0 Å². The Bertz CT molecular complexity index is 793. The molecule has 4 rings (SSSR count). The van der Waals surface area contributed by atoms with Gasteiger partial charge in [-0.15, -0.1) is 0 Å². The van der Waals surface area contributed by atoms with Gasteiger partial charge in [-0.05, 0) is 86.6 Å². The third-order valence-electron chi connectivity index (χ3n) is 6.27. The minimum absolute atomic E-state index is 0.121. The molecular weight excluding hydrogens is 346 g/mol. The van der Waals surface area contributed by atoms with Gasteiger partial charge in [-0.2, -0.15) is 0 Å². The van der Waals surface area contributed by atoms with Crippen LogP contribution >= 0.6 is 0 Å². The topological polar surface area (TPSA) is 29.5 Å². The molecule has 0 radical (unpaired) electrons. The number of benzene rings is 2. The van der Waals surface area contributed by atoms with Crippen LogP contribution in [-0.4, -0.2) is 30.0 Å². The molecule has 148 valence electrons. The van der Waals surface area contributed by atoms with Crippen molar-refractivity contribution in [3.05, 3.63) is 65.2 Å². The maximum absolute atomic E-state index is 12.9. The van der Waals surface area contributed by atoms with Gasteiger partial charge < -0.3 is 9.64 Å². The van der Waals surface area contributed by atoms with E-state index >= 15 is 0 Å². The zero-order chi connectivity index (χ0) is 19.3. The van der Waals surface area contributed by atoms with Gasteiger partial charge in [-0.1, -0.05) is 36.4 Å². The number of ether oxygens (including phenoxy) is 1. The fourth-order valence-electron chi connectivity index (χ4n) is 4.60. The van der Waals surface area contributed by atoms with Gasteiger partial charge in [0.25, 0.3) is 5.91 Å². The number of amides is 1. The number of fused-ring (bicyclic) bond motifs is 1. The predicted molar refractivity (Wildman–Crippen MR) is 113 cm³/mol. The summed E-state index contributed by atoms with van der Waals surface area (Å²) in [6.07, 6.45) is 7.67. The van der Waals surface area contributed by atoms with Crippen LogP contribution in [0.3, 0.4) is 0 Å². The maximum Gasteiger partial charge on any atom is 0.263 e. The van der Waals surface area contributed by atoms with E-state index in [-0.39, 0.29) is 5.91 Å². The molecule has 2 aliphatic rings. The quantitative estimate of drug-likeness (QED) is 0.748. The average molecular weight is 378 g/mol. The third-order valence-corrected chi connectivity index (χ3v) is 6.27. The molecule has 3 nitrogen and oxygen atoms in total. The van der Waals surface area contributed by atoms with E-state index in [0.29, 0.717) is 5.92 Å². The summed E-state index contributed by atoms with van der Waals surface area (Å²) in [7, 11) is 0. The number of carbonyl (C=O) groups is 1. The van der Waals surface area contributed by atoms with Crippen molar-refractivity contribution in [3.63, 3.8) is 0 Å². The molecule has 0 N–H and O–H groups in total. The Labute approximate surface area is 168 Å². The van der Waals surface area contributed by atoms with Crippen LogP contribution in [-0.2, 0) is 24.1 Å². The van der Waals surface area contributed by atoms with Crippen LogP contribution in [0.1, 0.15) is 49.3 Å². The molecule has 1 heterocycles. The van der Waals surface area contributed by atoms with Gasteiger partial charge in [0.05, 0.1) is 0 Å². The smallest absolute Gasteiger partial charge is 0.263 e. The fraction of sp³-hybridized carbons (Fsp3) is 0.480. The van der Waals surface area contributed by atoms with Crippen molar-refractivity contribution < 1.29 is 9.53 Å². The largest absolute Gasteiger partial charge is 0.481 e. The Morgan fingerprint density at radius 2 is 1.75 bits per heavy atom. The lowest BCUT2D eigenvalue weighted by Crippen LogP contribution is -2.45. The molecule has 3 heteroatoms. The lowest BCUT2D eigenvalue weighted by molar-refractivity contribution is -0.139.